The molecule has 1 aliphatic rings. The van der Waals surface area contributed by atoms with Crippen LogP contribution < -0.4 is 10.6 Å². The Bertz CT molecular complexity index is 543. The van der Waals surface area contributed by atoms with Crippen molar-refractivity contribution < 1.29 is 0 Å². The van der Waals surface area contributed by atoms with Crippen molar-refractivity contribution in [3.8, 4) is 0 Å². The first-order valence-corrected chi connectivity index (χ1v) is 7.58. The van der Waals surface area contributed by atoms with Crippen molar-refractivity contribution >= 4 is 5.69 Å². The van der Waals surface area contributed by atoms with E-state index in [1.54, 1.807) is 0 Å². The largest absolute Gasteiger partial charge is 0.369 e. The van der Waals surface area contributed by atoms with E-state index < -0.39 is 0 Å². The zero-order valence-corrected chi connectivity index (χ0v) is 12.4. The van der Waals surface area contributed by atoms with Crippen molar-refractivity contribution in [3.05, 3.63) is 48.5 Å². The molecule has 0 spiro atoms. The van der Waals surface area contributed by atoms with Gasteiger partial charge in [-0.1, -0.05) is 18.2 Å². The number of anilines is 1. The summed E-state index contributed by atoms with van der Waals surface area (Å²) in [6.45, 7) is 6.75. The Hall–Kier alpha value is -1.85. The summed E-state index contributed by atoms with van der Waals surface area (Å²) < 4.78 is 2.07. The lowest BCUT2D eigenvalue weighted by Gasteiger charge is -2.35. The van der Waals surface area contributed by atoms with Gasteiger partial charge in [0.15, 0.2) is 0 Å². The highest BCUT2D eigenvalue weighted by Crippen LogP contribution is 2.16. The maximum atomic E-state index is 5.56. The molecule has 1 saturated heterocycles. The van der Waals surface area contributed by atoms with Crippen LogP contribution in [0.1, 0.15) is 5.69 Å². The number of aromatic nitrogens is 2. The van der Waals surface area contributed by atoms with Gasteiger partial charge >= 0.3 is 0 Å². The van der Waals surface area contributed by atoms with Gasteiger partial charge in [-0.2, -0.15) is 0 Å². The predicted octanol–water partition coefficient (Wildman–Crippen LogP) is 1.16. The molecule has 0 atom stereocenters. The fourth-order valence-corrected chi connectivity index (χ4v) is 2.79. The van der Waals surface area contributed by atoms with Crippen molar-refractivity contribution in [2.45, 2.75) is 13.1 Å². The minimum atomic E-state index is 0.658. The third kappa shape index (κ3) is 3.62. The van der Waals surface area contributed by atoms with Crippen LogP contribution in [-0.4, -0.2) is 47.2 Å². The van der Waals surface area contributed by atoms with E-state index in [0.29, 0.717) is 6.54 Å². The highest BCUT2D eigenvalue weighted by molar-refractivity contribution is 5.46. The molecule has 1 aromatic carbocycles. The van der Waals surface area contributed by atoms with E-state index in [-0.39, 0.29) is 0 Å². The standard InChI is InChI=1S/C16H23N5/c17-6-7-20-13-15(18-14-20)12-19-8-10-21(11-9-19)16-4-2-1-3-5-16/h1-5,13-14H,6-12,17H2. The molecule has 2 heterocycles. The molecule has 5 heteroatoms. The number of imidazole rings is 1. The predicted molar refractivity (Wildman–Crippen MR) is 85.2 cm³/mol. The van der Waals surface area contributed by atoms with E-state index >= 15 is 0 Å². The lowest BCUT2D eigenvalue weighted by atomic mass is 10.2. The van der Waals surface area contributed by atoms with Gasteiger partial charge in [-0.05, 0) is 12.1 Å². The van der Waals surface area contributed by atoms with Crippen LogP contribution in [0.3, 0.4) is 0 Å². The molecule has 1 aliphatic heterocycles. The summed E-state index contributed by atoms with van der Waals surface area (Å²) in [7, 11) is 0. The Kier molecular flexibility index (Phi) is 4.52. The van der Waals surface area contributed by atoms with Crippen LogP contribution in [0.15, 0.2) is 42.9 Å². The third-order valence-corrected chi connectivity index (χ3v) is 3.95. The van der Waals surface area contributed by atoms with Crippen LogP contribution in [0.4, 0.5) is 5.69 Å². The number of benzene rings is 1. The lowest BCUT2D eigenvalue weighted by molar-refractivity contribution is 0.247. The summed E-state index contributed by atoms with van der Waals surface area (Å²) in [4.78, 5) is 9.37. The second-order valence-electron chi connectivity index (χ2n) is 5.49. The highest BCUT2D eigenvalue weighted by Gasteiger charge is 2.17. The van der Waals surface area contributed by atoms with Crippen LogP contribution in [-0.2, 0) is 13.1 Å². The fraction of sp³-hybridized carbons (Fsp3) is 0.438. The van der Waals surface area contributed by atoms with Gasteiger partial charge in [-0.15, -0.1) is 0 Å². The van der Waals surface area contributed by atoms with Gasteiger partial charge in [0.2, 0.25) is 0 Å². The smallest absolute Gasteiger partial charge is 0.0950 e. The molecule has 0 radical (unpaired) electrons. The van der Waals surface area contributed by atoms with Crippen LogP contribution in [0.2, 0.25) is 0 Å². The van der Waals surface area contributed by atoms with Crippen molar-refractivity contribution in [1.29, 1.82) is 0 Å². The van der Waals surface area contributed by atoms with Gasteiger partial charge in [0, 0.05) is 57.7 Å². The molecule has 1 aromatic heterocycles. The van der Waals surface area contributed by atoms with Gasteiger partial charge in [-0.3, -0.25) is 4.90 Å². The first-order valence-electron chi connectivity index (χ1n) is 7.58. The van der Waals surface area contributed by atoms with Crippen molar-refractivity contribution in [2.24, 2.45) is 5.73 Å². The summed E-state index contributed by atoms with van der Waals surface area (Å²) >= 11 is 0. The number of para-hydroxylation sites is 1. The number of piperazine rings is 1. The van der Waals surface area contributed by atoms with Gasteiger partial charge in [0.1, 0.15) is 0 Å². The molecule has 0 aliphatic carbocycles. The number of nitrogens with two attached hydrogens (primary N) is 1. The maximum absolute atomic E-state index is 5.56. The Labute approximate surface area is 126 Å². The van der Waals surface area contributed by atoms with Crippen molar-refractivity contribution in [3.63, 3.8) is 0 Å². The van der Waals surface area contributed by atoms with E-state index in [0.717, 1.165) is 45.0 Å². The van der Waals surface area contributed by atoms with Crippen LogP contribution in [0.5, 0.6) is 0 Å². The topological polar surface area (TPSA) is 50.3 Å². The van der Waals surface area contributed by atoms with E-state index in [1.165, 1.54) is 5.69 Å². The lowest BCUT2D eigenvalue weighted by Crippen LogP contribution is -2.46. The Morgan fingerprint density at radius 1 is 1.05 bits per heavy atom. The highest BCUT2D eigenvalue weighted by atomic mass is 15.3. The molecule has 0 unspecified atom stereocenters. The van der Waals surface area contributed by atoms with E-state index in [2.05, 4.69) is 55.9 Å². The van der Waals surface area contributed by atoms with Gasteiger partial charge in [0.25, 0.3) is 0 Å². The van der Waals surface area contributed by atoms with Crippen LogP contribution in [0, 0.1) is 0 Å². The molecule has 2 aromatic rings. The first kappa shape index (κ1) is 14.1. The molecule has 3 rings (SSSR count). The molecule has 2 N–H and O–H groups in total. The zero-order chi connectivity index (χ0) is 14.5. The van der Waals surface area contributed by atoms with Crippen LogP contribution >= 0.6 is 0 Å². The molecule has 0 amide bonds. The van der Waals surface area contributed by atoms with Crippen LogP contribution in [0.25, 0.3) is 0 Å². The second-order valence-corrected chi connectivity index (χ2v) is 5.49. The molecule has 112 valence electrons. The minimum absolute atomic E-state index is 0.658. The summed E-state index contributed by atoms with van der Waals surface area (Å²) in [6, 6.07) is 10.6. The molecule has 0 bridgehead atoms. The molecule has 5 nitrogen and oxygen atoms in total. The zero-order valence-electron chi connectivity index (χ0n) is 12.4. The minimum Gasteiger partial charge on any atom is -0.369 e. The maximum Gasteiger partial charge on any atom is 0.0950 e. The molecule has 0 saturated carbocycles. The fourth-order valence-electron chi connectivity index (χ4n) is 2.79. The molecular weight excluding hydrogens is 262 g/mol. The van der Waals surface area contributed by atoms with E-state index in [1.807, 2.05) is 6.33 Å². The normalized spacial score (nSPS) is 16.3. The number of nitrogens with zero attached hydrogens (tertiary/aromatic N) is 4. The summed E-state index contributed by atoms with van der Waals surface area (Å²) in [5.41, 5.74) is 8.02. The Balaban J connectivity index is 1.51. The SMILES string of the molecule is NCCn1cnc(CN2CCN(c3ccccc3)CC2)c1. The monoisotopic (exact) mass is 285 g/mol. The molecule has 21 heavy (non-hydrogen) atoms. The summed E-state index contributed by atoms with van der Waals surface area (Å²) in [6.07, 6.45) is 3.98. The van der Waals surface area contributed by atoms with E-state index in [9.17, 15) is 0 Å². The third-order valence-electron chi connectivity index (χ3n) is 3.95. The van der Waals surface area contributed by atoms with Gasteiger partial charge in [0.05, 0.1) is 12.0 Å². The number of hydrogen-bond donors (Lipinski definition) is 1. The molecule has 1 fully saturated rings. The quantitative estimate of drug-likeness (QED) is 0.896. The second kappa shape index (κ2) is 6.74. The van der Waals surface area contributed by atoms with Crippen molar-refractivity contribution in [1.82, 2.24) is 14.5 Å². The number of hydrogen-bond acceptors (Lipinski definition) is 4. The Morgan fingerprint density at radius 3 is 2.52 bits per heavy atom. The van der Waals surface area contributed by atoms with E-state index in [4.69, 9.17) is 5.73 Å². The van der Waals surface area contributed by atoms with Crippen molar-refractivity contribution in [2.75, 3.05) is 37.6 Å². The summed E-state index contributed by atoms with van der Waals surface area (Å²) in [5, 5.41) is 0. The average Bonchev–Trinajstić information content (AvgIpc) is 2.97. The average molecular weight is 285 g/mol. The van der Waals surface area contributed by atoms with Gasteiger partial charge < -0.3 is 15.2 Å². The first-order chi connectivity index (χ1) is 10.3. The number of rotatable bonds is 5. The Morgan fingerprint density at radius 2 is 1.81 bits per heavy atom. The summed E-state index contributed by atoms with van der Waals surface area (Å²) in [5.74, 6) is 0. The molecular formula is C16H23N5. The van der Waals surface area contributed by atoms with Gasteiger partial charge in [-0.25, -0.2) is 4.98 Å².